The molecule has 1 atom stereocenters. The van der Waals surface area contributed by atoms with Crippen LogP contribution in [0.15, 0.2) is 0 Å². The number of carbonyl (C=O) groups is 1. The van der Waals surface area contributed by atoms with Crippen molar-refractivity contribution in [2.75, 3.05) is 6.54 Å². The van der Waals surface area contributed by atoms with E-state index in [0.29, 0.717) is 5.41 Å². The highest BCUT2D eigenvalue weighted by Gasteiger charge is 2.14. The summed E-state index contributed by atoms with van der Waals surface area (Å²) in [5.74, 6) is 0.0823. The monoisotopic (exact) mass is 214 g/mol. The summed E-state index contributed by atoms with van der Waals surface area (Å²) >= 11 is 0. The standard InChI is InChI=1S/C12H26N2O/c1-9(2)14-11(15)10(3)13-8-7-12(4,5)6/h9-10,13H,7-8H2,1-6H3,(H,14,15). The lowest BCUT2D eigenvalue weighted by Crippen LogP contribution is -2.45. The second-order valence-corrected chi connectivity index (χ2v) is 5.65. The Balaban J connectivity index is 3.74. The summed E-state index contributed by atoms with van der Waals surface area (Å²) in [7, 11) is 0. The smallest absolute Gasteiger partial charge is 0.237 e. The first-order chi connectivity index (χ1) is 6.72. The van der Waals surface area contributed by atoms with Crippen molar-refractivity contribution in [2.24, 2.45) is 5.41 Å². The Labute approximate surface area is 94.0 Å². The maximum atomic E-state index is 11.5. The summed E-state index contributed by atoms with van der Waals surface area (Å²) in [5.41, 5.74) is 0.321. The number of amides is 1. The van der Waals surface area contributed by atoms with Crippen LogP contribution in [0.2, 0.25) is 0 Å². The predicted octanol–water partition coefficient (Wildman–Crippen LogP) is 1.93. The normalized spacial score (nSPS) is 14.1. The predicted molar refractivity (Wildman–Crippen MR) is 64.8 cm³/mol. The Morgan fingerprint density at radius 3 is 2.13 bits per heavy atom. The lowest BCUT2D eigenvalue weighted by atomic mass is 9.92. The van der Waals surface area contributed by atoms with Crippen molar-refractivity contribution in [3.8, 4) is 0 Å². The third-order valence-corrected chi connectivity index (χ3v) is 2.15. The van der Waals surface area contributed by atoms with Crippen LogP contribution in [-0.2, 0) is 4.79 Å². The van der Waals surface area contributed by atoms with E-state index in [4.69, 9.17) is 0 Å². The van der Waals surface area contributed by atoms with Crippen LogP contribution in [0.4, 0.5) is 0 Å². The maximum absolute atomic E-state index is 11.5. The van der Waals surface area contributed by atoms with Crippen LogP contribution < -0.4 is 10.6 Å². The molecule has 0 aromatic carbocycles. The Morgan fingerprint density at radius 2 is 1.73 bits per heavy atom. The van der Waals surface area contributed by atoms with Crippen LogP contribution in [-0.4, -0.2) is 24.5 Å². The molecule has 90 valence electrons. The maximum Gasteiger partial charge on any atom is 0.237 e. The Bertz CT molecular complexity index is 194. The average molecular weight is 214 g/mol. The SMILES string of the molecule is CC(C)NC(=O)C(C)NCCC(C)(C)C. The van der Waals surface area contributed by atoms with Crippen molar-refractivity contribution < 1.29 is 4.79 Å². The molecule has 3 heteroatoms. The van der Waals surface area contributed by atoms with Crippen LogP contribution >= 0.6 is 0 Å². The van der Waals surface area contributed by atoms with Gasteiger partial charge >= 0.3 is 0 Å². The van der Waals surface area contributed by atoms with E-state index in [0.717, 1.165) is 13.0 Å². The van der Waals surface area contributed by atoms with E-state index in [1.165, 1.54) is 0 Å². The van der Waals surface area contributed by atoms with E-state index in [2.05, 4.69) is 31.4 Å². The van der Waals surface area contributed by atoms with E-state index in [1.807, 2.05) is 20.8 Å². The van der Waals surface area contributed by atoms with E-state index in [1.54, 1.807) is 0 Å². The molecule has 0 aliphatic carbocycles. The second kappa shape index (κ2) is 6.11. The zero-order valence-electron chi connectivity index (χ0n) is 11.0. The van der Waals surface area contributed by atoms with Gasteiger partial charge in [0.15, 0.2) is 0 Å². The van der Waals surface area contributed by atoms with Gasteiger partial charge in [0.25, 0.3) is 0 Å². The fourth-order valence-corrected chi connectivity index (χ4v) is 1.17. The molecule has 1 amide bonds. The molecule has 0 heterocycles. The molecule has 0 spiro atoms. The summed E-state index contributed by atoms with van der Waals surface area (Å²) in [6, 6.07) is 0.110. The lowest BCUT2D eigenvalue weighted by Gasteiger charge is -2.21. The minimum atomic E-state index is -0.102. The topological polar surface area (TPSA) is 41.1 Å². The molecule has 0 radical (unpaired) electrons. The fourth-order valence-electron chi connectivity index (χ4n) is 1.17. The van der Waals surface area contributed by atoms with Crippen molar-refractivity contribution >= 4 is 5.91 Å². The molecule has 15 heavy (non-hydrogen) atoms. The molecule has 0 rings (SSSR count). The number of nitrogens with one attached hydrogen (secondary N) is 2. The third-order valence-electron chi connectivity index (χ3n) is 2.15. The van der Waals surface area contributed by atoms with Crippen LogP contribution in [0.3, 0.4) is 0 Å². The molecule has 0 aromatic rings. The third kappa shape index (κ3) is 8.43. The molecule has 0 saturated heterocycles. The molecular weight excluding hydrogens is 188 g/mol. The molecule has 0 saturated carbocycles. The van der Waals surface area contributed by atoms with E-state index >= 15 is 0 Å². The lowest BCUT2D eigenvalue weighted by molar-refractivity contribution is -0.123. The van der Waals surface area contributed by atoms with Gasteiger partial charge in [-0.05, 0) is 39.2 Å². The fraction of sp³-hybridized carbons (Fsp3) is 0.917. The molecule has 0 bridgehead atoms. The minimum absolute atomic E-state index is 0.0823. The van der Waals surface area contributed by atoms with Gasteiger partial charge < -0.3 is 10.6 Å². The molecule has 0 fully saturated rings. The van der Waals surface area contributed by atoms with Crippen molar-refractivity contribution in [3.63, 3.8) is 0 Å². The van der Waals surface area contributed by atoms with Gasteiger partial charge in [0.2, 0.25) is 5.91 Å². The average Bonchev–Trinajstić information content (AvgIpc) is 2.00. The van der Waals surface area contributed by atoms with Crippen LogP contribution in [0.1, 0.15) is 48.0 Å². The number of hydrogen-bond acceptors (Lipinski definition) is 2. The quantitative estimate of drug-likeness (QED) is 0.734. The molecule has 0 aliphatic rings. The van der Waals surface area contributed by atoms with Crippen molar-refractivity contribution in [1.82, 2.24) is 10.6 Å². The summed E-state index contributed by atoms with van der Waals surface area (Å²) in [6.45, 7) is 13.3. The molecule has 0 aromatic heterocycles. The molecular formula is C12H26N2O. The molecule has 1 unspecified atom stereocenters. The molecule has 0 aliphatic heterocycles. The van der Waals surface area contributed by atoms with Crippen LogP contribution in [0.25, 0.3) is 0 Å². The van der Waals surface area contributed by atoms with Crippen LogP contribution in [0, 0.1) is 5.41 Å². The summed E-state index contributed by atoms with van der Waals surface area (Å²) in [5, 5.41) is 6.12. The van der Waals surface area contributed by atoms with Gasteiger partial charge in [0.05, 0.1) is 6.04 Å². The number of carbonyl (C=O) groups excluding carboxylic acids is 1. The van der Waals surface area contributed by atoms with Gasteiger partial charge in [0, 0.05) is 6.04 Å². The highest BCUT2D eigenvalue weighted by Crippen LogP contribution is 2.16. The summed E-state index contributed by atoms with van der Waals surface area (Å²) < 4.78 is 0. The van der Waals surface area contributed by atoms with Gasteiger partial charge in [-0.25, -0.2) is 0 Å². The zero-order valence-corrected chi connectivity index (χ0v) is 11.0. The van der Waals surface area contributed by atoms with E-state index in [-0.39, 0.29) is 18.0 Å². The minimum Gasteiger partial charge on any atom is -0.353 e. The van der Waals surface area contributed by atoms with E-state index in [9.17, 15) is 4.79 Å². The van der Waals surface area contributed by atoms with Crippen molar-refractivity contribution in [2.45, 2.75) is 60.0 Å². The number of hydrogen-bond donors (Lipinski definition) is 2. The first kappa shape index (κ1) is 14.4. The van der Waals surface area contributed by atoms with Gasteiger partial charge in [-0.3, -0.25) is 4.79 Å². The van der Waals surface area contributed by atoms with Crippen molar-refractivity contribution in [1.29, 1.82) is 0 Å². The Hall–Kier alpha value is -0.570. The highest BCUT2D eigenvalue weighted by atomic mass is 16.2. The number of rotatable bonds is 5. The van der Waals surface area contributed by atoms with Crippen LogP contribution in [0.5, 0.6) is 0 Å². The second-order valence-electron chi connectivity index (χ2n) is 5.65. The Kier molecular flexibility index (Phi) is 5.88. The summed E-state index contributed by atoms with van der Waals surface area (Å²) in [6.07, 6.45) is 1.08. The van der Waals surface area contributed by atoms with Crippen molar-refractivity contribution in [3.05, 3.63) is 0 Å². The first-order valence-corrected chi connectivity index (χ1v) is 5.76. The first-order valence-electron chi connectivity index (χ1n) is 5.76. The van der Waals surface area contributed by atoms with E-state index < -0.39 is 0 Å². The van der Waals surface area contributed by atoms with Gasteiger partial charge in [-0.15, -0.1) is 0 Å². The zero-order chi connectivity index (χ0) is 12.1. The molecule has 2 N–H and O–H groups in total. The largest absolute Gasteiger partial charge is 0.353 e. The highest BCUT2D eigenvalue weighted by molar-refractivity contribution is 5.81. The molecule has 3 nitrogen and oxygen atoms in total. The van der Waals surface area contributed by atoms with Gasteiger partial charge in [-0.2, -0.15) is 0 Å². The summed E-state index contributed by atoms with van der Waals surface area (Å²) in [4.78, 5) is 11.5. The van der Waals surface area contributed by atoms with Gasteiger partial charge in [0.1, 0.15) is 0 Å². The Morgan fingerprint density at radius 1 is 1.20 bits per heavy atom. The van der Waals surface area contributed by atoms with Gasteiger partial charge in [-0.1, -0.05) is 20.8 Å².